The van der Waals surface area contributed by atoms with E-state index in [1.807, 2.05) is 58.0 Å². The van der Waals surface area contributed by atoms with Crippen molar-refractivity contribution in [2.45, 2.75) is 70.4 Å². The van der Waals surface area contributed by atoms with Crippen LogP contribution in [-0.4, -0.2) is 94.0 Å². The third-order valence-corrected chi connectivity index (χ3v) is 11.2. The first-order chi connectivity index (χ1) is 22.7. The molecule has 2 aromatic carbocycles. The maximum Gasteiger partial charge on any atom is 0.321 e. The van der Waals surface area contributed by atoms with Gasteiger partial charge in [0, 0.05) is 31.6 Å². The van der Waals surface area contributed by atoms with E-state index in [0.29, 0.717) is 23.8 Å². The molecule has 1 aliphatic heterocycles. The first-order valence-electron chi connectivity index (χ1n) is 15.9. The molecule has 0 radical (unpaired) electrons. The van der Waals surface area contributed by atoms with Crippen molar-refractivity contribution in [1.82, 2.24) is 24.4 Å². The van der Waals surface area contributed by atoms with Gasteiger partial charge in [0.2, 0.25) is 15.9 Å². The molecular weight excluding hydrogens is 676 g/mol. The Kier molecular flexibility index (Phi) is 12.8. The van der Waals surface area contributed by atoms with Gasteiger partial charge in [0.05, 0.1) is 46.6 Å². The number of hydrogen-bond donors (Lipinski definition) is 4. The molecule has 2 heterocycles. The molecule has 1 saturated heterocycles. The normalized spacial score (nSPS) is 15.8. The number of amides is 3. The van der Waals surface area contributed by atoms with Crippen LogP contribution in [0.2, 0.25) is 5.02 Å². The molecule has 0 unspecified atom stereocenters. The van der Waals surface area contributed by atoms with Crippen LogP contribution in [0.15, 0.2) is 58.8 Å². The van der Waals surface area contributed by atoms with Crippen molar-refractivity contribution in [3.05, 3.63) is 75.2 Å². The number of anilines is 1. The first kappa shape index (κ1) is 37.5. The molecule has 3 atom stereocenters. The van der Waals surface area contributed by atoms with Gasteiger partial charge in [-0.15, -0.1) is 11.3 Å². The Morgan fingerprint density at radius 1 is 1.12 bits per heavy atom. The summed E-state index contributed by atoms with van der Waals surface area (Å²) in [5, 5.41) is 26.6. The Morgan fingerprint density at radius 2 is 1.83 bits per heavy atom. The Hall–Kier alpha value is -3.27. The van der Waals surface area contributed by atoms with E-state index in [1.165, 1.54) is 38.7 Å². The highest BCUT2D eigenvalue weighted by Crippen LogP contribution is 2.26. The summed E-state index contributed by atoms with van der Waals surface area (Å²) in [7, 11) is -4.10. The van der Waals surface area contributed by atoms with Crippen molar-refractivity contribution in [3.63, 3.8) is 0 Å². The predicted octanol–water partition coefficient (Wildman–Crippen LogP) is 3.57. The Morgan fingerprint density at radius 3 is 2.44 bits per heavy atom. The SMILES string of the molecule is CC(C)CN(C[C@H](O)[C@H](Cc1ccccc1)NC(=O)[C@H](C(C)C)N1CCN(Cc2csc(CO)n2)C1=O)S(=O)(=O)c1ccc(Cl)c(N)c1. The molecule has 3 amide bonds. The van der Waals surface area contributed by atoms with Gasteiger partial charge in [-0.3, -0.25) is 4.79 Å². The summed E-state index contributed by atoms with van der Waals surface area (Å²) in [5.41, 5.74) is 7.54. The van der Waals surface area contributed by atoms with E-state index in [9.17, 15) is 28.2 Å². The topological polar surface area (TPSA) is 169 Å². The number of nitrogens with two attached hydrogens (primary N) is 1. The fourth-order valence-corrected chi connectivity index (χ4v) is 8.18. The summed E-state index contributed by atoms with van der Waals surface area (Å²) in [6, 6.07) is 11.3. The van der Waals surface area contributed by atoms with Gasteiger partial charge in [-0.1, -0.05) is 69.6 Å². The molecule has 15 heteroatoms. The average Bonchev–Trinajstić information content (AvgIpc) is 3.64. The van der Waals surface area contributed by atoms with E-state index in [-0.39, 0.29) is 66.1 Å². The molecule has 0 aliphatic carbocycles. The monoisotopic (exact) mass is 720 g/mol. The number of aromatic nitrogens is 1. The van der Waals surface area contributed by atoms with Gasteiger partial charge in [-0.25, -0.2) is 18.2 Å². The number of nitrogens with one attached hydrogen (secondary N) is 1. The van der Waals surface area contributed by atoms with Crippen LogP contribution in [0.1, 0.15) is 44.0 Å². The van der Waals surface area contributed by atoms with Crippen molar-refractivity contribution in [2.75, 3.05) is 31.9 Å². The molecule has 12 nitrogen and oxygen atoms in total. The summed E-state index contributed by atoms with van der Waals surface area (Å²) in [5.74, 6) is -0.787. The molecule has 0 saturated carbocycles. The number of nitrogens with zero attached hydrogens (tertiary/aromatic N) is 4. The zero-order valence-electron chi connectivity index (χ0n) is 27.6. The molecule has 3 aromatic rings. The van der Waals surface area contributed by atoms with Crippen LogP contribution in [0.3, 0.4) is 0 Å². The van der Waals surface area contributed by atoms with Gasteiger partial charge in [-0.2, -0.15) is 4.31 Å². The summed E-state index contributed by atoms with van der Waals surface area (Å²) in [6.45, 7) is 8.07. The maximum absolute atomic E-state index is 14.0. The number of carbonyl (C=O) groups excluding carboxylic acids is 2. The van der Waals surface area contributed by atoms with Crippen molar-refractivity contribution < 1.29 is 28.2 Å². The second kappa shape index (κ2) is 16.4. The van der Waals surface area contributed by atoms with Gasteiger partial charge >= 0.3 is 6.03 Å². The number of nitrogen functional groups attached to an aromatic ring is 1. The predicted molar refractivity (Wildman–Crippen MR) is 187 cm³/mol. The van der Waals surface area contributed by atoms with Crippen LogP contribution >= 0.6 is 22.9 Å². The van der Waals surface area contributed by atoms with E-state index < -0.39 is 34.1 Å². The minimum atomic E-state index is -4.10. The van der Waals surface area contributed by atoms with Gasteiger partial charge in [-0.05, 0) is 42.0 Å². The first-order valence-corrected chi connectivity index (χ1v) is 18.6. The van der Waals surface area contributed by atoms with E-state index in [2.05, 4.69) is 10.3 Å². The molecule has 1 aromatic heterocycles. The Labute approximate surface area is 291 Å². The lowest BCUT2D eigenvalue weighted by molar-refractivity contribution is -0.128. The summed E-state index contributed by atoms with van der Waals surface area (Å²) in [6.07, 6.45) is -1.09. The highest BCUT2D eigenvalue weighted by Gasteiger charge is 2.40. The number of rotatable bonds is 16. The third-order valence-electron chi connectivity index (χ3n) is 8.11. The largest absolute Gasteiger partial charge is 0.397 e. The molecule has 0 bridgehead atoms. The highest BCUT2D eigenvalue weighted by molar-refractivity contribution is 7.89. The molecule has 0 spiro atoms. The number of sulfonamides is 1. The average molecular weight is 721 g/mol. The number of carbonyl (C=O) groups is 2. The lowest BCUT2D eigenvalue weighted by Crippen LogP contribution is -2.57. The van der Waals surface area contributed by atoms with E-state index in [0.717, 1.165) is 5.56 Å². The zero-order valence-corrected chi connectivity index (χ0v) is 30.0. The molecular formula is C33H45ClN6O6S2. The van der Waals surface area contributed by atoms with E-state index >= 15 is 0 Å². The van der Waals surface area contributed by atoms with Crippen LogP contribution in [-0.2, 0) is 34.4 Å². The van der Waals surface area contributed by atoms with E-state index in [4.69, 9.17) is 17.3 Å². The van der Waals surface area contributed by atoms with Gasteiger partial charge in [0.1, 0.15) is 11.0 Å². The minimum absolute atomic E-state index is 0.0527. The van der Waals surface area contributed by atoms with Crippen LogP contribution in [0.4, 0.5) is 10.5 Å². The number of aliphatic hydroxyl groups is 2. The molecule has 1 aliphatic rings. The third kappa shape index (κ3) is 9.24. The van der Waals surface area contributed by atoms with Crippen molar-refractivity contribution in [3.8, 4) is 0 Å². The van der Waals surface area contributed by atoms with Gasteiger partial charge in [0.25, 0.3) is 0 Å². The smallest absolute Gasteiger partial charge is 0.321 e. The summed E-state index contributed by atoms with van der Waals surface area (Å²) >= 11 is 7.37. The number of halogens is 1. The van der Waals surface area contributed by atoms with Crippen molar-refractivity contribution >= 4 is 50.6 Å². The van der Waals surface area contributed by atoms with Gasteiger partial charge in [0.15, 0.2) is 0 Å². The highest BCUT2D eigenvalue weighted by atomic mass is 35.5. The van der Waals surface area contributed by atoms with Crippen molar-refractivity contribution in [1.29, 1.82) is 0 Å². The number of urea groups is 1. The number of hydrogen-bond acceptors (Lipinski definition) is 9. The summed E-state index contributed by atoms with van der Waals surface area (Å²) in [4.78, 5) is 35.0. The Bertz CT molecular complexity index is 1650. The zero-order chi connectivity index (χ0) is 35.2. The summed E-state index contributed by atoms with van der Waals surface area (Å²) < 4.78 is 28.8. The fraction of sp³-hybridized carbons (Fsp3) is 0.485. The second-order valence-electron chi connectivity index (χ2n) is 12.7. The van der Waals surface area contributed by atoms with Gasteiger partial charge < -0.3 is 31.1 Å². The number of aliphatic hydroxyl groups excluding tert-OH is 2. The minimum Gasteiger partial charge on any atom is -0.397 e. The van der Waals surface area contributed by atoms with Crippen LogP contribution < -0.4 is 11.1 Å². The van der Waals surface area contributed by atoms with Crippen molar-refractivity contribution in [2.24, 2.45) is 11.8 Å². The fourth-order valence-electron chi connectivity index (χ4n) is 5.76. The standard InChI is InChI=1S/C33H45ClN6O6S2/c1-21(2)16-39(48(45,46)25-10-11-26(34)27(35)15-25)18-29(42)28(14-23-8-6-5-7-9-23)37-32(43)31(22(3)4)40-13-12-38(33(40)44)17-24-20-47-30(19-41)36-24/h5-11,15,20-22,28-29,31,41-42H,12-14,16-19,35H2,1-4H3,(H,37,43)/t28-,29-,31-/m0/s1. The molecule has 4 rings (SSSR count). The molecule has 48 heavy (non-hydrogen) atoms. The molecule has 1 fully saturated rings. The van der Waals surface area contributed by atoms with E-state index in [1.54, 1.807) is 10.3 Å². The Balaban J connectivity index is 1.57. The molecule has 262 valence electrons. The second-order valence-corrected chi connectivity index (χ2v) is 16.0. The number of benzene rings is 2. The maximum atomic E-state index is 14.0. The van der Waals surface area contributed by atoms with Crippen LogP contribution in [0.5, 0.6) is 0 Å². The quantitative estimate of drug-likeness (QED) is 0.163. The van der Waals surface area contributed by atoms with Crippen LogP contribution in [0, 0.1) is 11.8 Å². The van der Waals surface area contributed by atoms with Crippen LogP contribution in [0.25, 0.3) is 0 Å². The number of thiazole rings is 1. The lowest BCUT2D eigenvalue weighted by atomic mass is 9.97. The lowest BCUT2D eigenvalue weighted by Gasteiger charge is -2.34. The molecule has 5 N–H and O–H groups in total.